The molecule has 1 rings (SSSR count). The van der Waals surface area contributed by atoms with E-state index in [-0.39, 0.29) is 0 Å². The highest BCUT2D eigenvalue weighted by Crippen LogP contribution is 2.14. The van der Waals surface area contributed by atoms with E-state index in [9.17, 15) is 0 Å². The summed E-state index contributed by atoms with van der Waals surface area (Å²) in [6.07, 6.45) is 9.35. The van der Waals surface area contributed by atoms with E-state index in [4.69, 9.17) is 0 Å². The molecule has 0 aromatic heterocycles. The van der Waals surface area contributed by atoms with Crippen LogP contribution in [0.25, 0.3) is 0 Å². The third kappa shape index (κ3) is 5.32. The maximum absolute atomic E-state index is 4.12. The Bertz CT molecular complexity index is 297. The minimum Gasteiger partial charge on any atom is -0.306 e. The second kappa shape index (κ2) is 6.70. The largest absolute Gasteiger partial charge is 0.306 e. The van der Waals surface area contributed by atoms with Gasteiger partial charge in [-0.1, -0.05) is 35.5 Å². The van der Waals surface area contributed by atoms with E-state index < -0.39 is 0 Å². The average Bonchev–Trinajstić information content (AvgIpc) is 2.15. The third-order valence-corrected chi connectivity index (χ3v) is 3.05. The Balaban J connectivity index is 2.69. The summed E-state index contributed by atoms with van der Waals surface area (Å²) in [6.45, 7) is 10.9. The molecule has 0 fully saturated rings. The van der Waals surface area contributed by atoms with Crippen molar-refractivity contribution < 1.29 is 0 Å². The van der Waals surface area contributed by atoms with E-state index >= 15 is 0 Å². The fourth-order valence-electron chi connectivity index (χ4n) is 2.21. The molecule has 0 unspecified atom stereocenters. The van der Waals surface area contributed by atoms with Crippen molar-refractivity contribution in [2.24, 2.45) is 0 Å². The Hall–Kier alpha value is -0.820. The van der Waals surface area contributed by atoms with Gasteiger partial charge in [-0.05, 0) is 59.7 Å². The molecule has 0 aliphatic carbocycles. The molecule has 0 saturated heterocycles. The molecule has 0 saturated carbocycles. The van der Waals surface area contributed by atoms with Crippen molar-refractivity contribution in [3.05, 3.63) is 35.5 Å². The predicted octanol–water partition coefficient (Wildman–Crippen LogP) is 3.94. The van der Waals surface area contributed by atoms with E-state index in [1.807, 2.05) is 0 Å². The van der Waals surface area contributed by atoms with Gasteiger partial charge < -0.3 is 4.90 Å². The Kier molecular flexibility index (Phi) is 5.54. The monoisotopic (exact) mass is 219 g/mol. The quantitative estimate of drug-likeness (QED) is 0.596. The number of hydrogen-bond donors (Lipinski definition) is 0. The summed E-state index contributed by atoms with van der Waals surface area (Å²) in [5.41, 5.74) is 4.09. The van der Waals surface area contributed by atoms with Gasteiger partial charge in [0.1, 0.15) is 0 Å². The molecule has 1 aliphatic rings. The molecule has 0 bridgehead atoms. The molecule has 0 spiro atoms. The summed E-state index contributed by atoms with van der Waals surface area (Å²) in [4.78, 5) is 2.43. The fourth-order valence-corrected chi connectivity index (χ4v) is 2.21. The first-order chi connectivity index (χ1) is 7.58. The lowest BCUT2D eigenvalue weighted by Gasteiger charge is -2.17. The van der Waals surface area contributed by atoms with Crippen LogP contribution in [0.15, 0.2) is 35.5 Å². The minimum absolute atomic E-state index is 1.12. The van der Waals surface area contributed by atoms with Crippen molar-refractivity contribution in [3.63, 3.8) is 0 Å². The summed E-state index contributed by atoms with van der Waals surface area (Å²) < 4.78 is 0. The fraction of sp³-hybridized carbons (Fsp3) is 0.600. The van der Waals surface area contributed by atoms with E-state index in [2.05, 4.69) is 44.5 Å². The number of nitrogens with zero attached hydrogens (tertiary/aromatic N) is 1. The number of allylic oxidation sites excluding steroid dienone is 5. The molecular formula is C15H25N. The maximum Gasteiger partial charge on any atom is -0.00186 e. The van der Waals surface area contributed by atoms with Gasteiger partial charge in [-0.15, -0.1) is 0 Å². The normalized spacial score (nSPS) is 28.3. The van der Waals surface area contributed by atoms with Crippen LogP contribution in [0.2, 0.25) is 0 Å². The maximum atomic E-state index is 4.12. The number of rotatable bonds is 0. The second-order valence-corrected chi connectivity index (χ2v) is 5.05. The summed E-state index contributed by atoms with van der Waals surface area (Å²) in [6, 6.07) is 0. The average molecular weight is 219 g/mol. The smallest absolute Gasteiger partial charge is 0.00186 e. The Morgan fingerprint density at radius 2 is 1.69 bits per heavy atom. The third-order valence-electron chi connectivity index (χ3n) is 3.05. The van der Waals surface area contributed by atoms with Crippen molar-refractivity contribution in [2.75, 3.05) is 20.1 Å². The Morgan fingerprint density at radius 1 is 1.06 bits per heavy atom. The molecule has 0 aromatic rings. The summed E-state index contributed by atoms with van der Waals surface area (Å²) in [5, 5.41) is 0. The Morgan fingerprint density at radius 3 is 2.38 bits per heavy atom. The molecule has 1 heterocycles. The molecule has 1 nitrogen and oxygen atoms in total. The first-order valence-electron chi connectivity index (χ1n) is 6.30. The van der Waals surface area contributed by atoms with E-state index in [0.29, 0.717) is 0 Å². The first-order valence-corrected chi connectivity index (χ1v) is 6.30. The molecule has 0 atom stereocenters. The second-order valence-electron chi connectivity index (χ2n) is 5.05. The molecule has 0 N–H and O–H groups in total. The highest BCUT2D eigenvalue weighted by atomic mass is 15.1. The van der Waals surface area contributed by atoms with Crippen LogP contribution in [0.4, 0.5) is 0 Å². The van der Waals surface area contributed by atoms with Crippen LogP contribution in [0.3, 0.4) is 0 Å². The minimum atomic E-state index is 1.12. The van der Waals surface area contributed by atoms with Gasteiger partial charge >= 0.3 is 0 Å². The van der Waals surface area contributed by atoms with Crippen molar-refractivity contribution in [3.8, 4) is 0 Å². The molecule has 16 heavy (non-hydrogen) atoms. The van der Waals surface area contributed by atoms with Crippen LogP contribution in [0, 0.1) is 0 Å². The summed E-state index contributed by atoms with van der Waals surface area (Å²) in [7, 11) is 2.22. The van der Waals surface area contributed by atoms with Gasteiger partial charge in [-0.3, -0.25) is 0 Å². The Labute approximate surface area is 101 Å². The van der Waals surface area contributed by atoms with Gasteiger partial charge in [0.2, 0.25) is 0 Å². The lowest BCUT2D eigenvalue weighted by Crippen LogP contribution is -2.21. The molecule has 0 aromatic carbocycles. The van der Waals surface area contributed by atoms with Crippen LogP contribution in [0.5, 0.6) is 0 Å². The molecule has 1 heteroatoms. The molecule has 90 valence electrons. The van der Waals surface area contributed by atoms with E-state index in [1.54, 1.807) is 0 Å². The standard InChI is InChI=1S/C15H25N/c1-13-7-5-9-16(4)10-6-8-14(2)12-15(3)11-13/h11-12H,1,5-10H2,2-4H3/b14-12+,15-11-. The van der Waals surface area contributed by atoms with Gasteiger partial charge in [0.15, 0.2) is 0 Å². The zero-order valence-electron chi connectivity index (χ0n) is 11.1. The van der Waals surface area contributed by atoms with Crippen molar-refractivity contribution in [2.45, 2.75) is 39.5 Å². The molecule has 0 radical (unpaired) electrons. The van der Waals surface area contributed by atoms with Crippen molar-refractivity contribution in [1.82, 2.24) is 4.90 Å². The lowest BCUT2D eigenvalue weighted by molar-refractivity contribution is 0.325. The zero-order valence-corrected chi connectivity index (χ0v) is 11.1. The zero-order chi connectivity index (χ0) is 12.0. The summed E-state index contributed by atoms with van der Waals surface area (Å²) >= 11 is 0. The van der Waals surface area contributed by atoms with Crippen molar-refractivity contribution in [1.29, 1.82) is 0 Å². The molecule has 0 amide bonds. The predicted molar refractivity (Wildman–Crippen MR) is 72.6 cm³/mol. The highest BCUT2D eigenvalue weighted by molar-refractivity contribution is 5.29. The van der Waals surface area contributed by atoms with Gasteiger partial charge in [0, 0.05) is 0 Å². The van der Waals surface area contributed by atoms with Crippen LogP contribution in [0.1, 0.15) is 39.5 Å². The van der Waals surface area contributed by atoms with Gasteiger partial charge in [-0.2, -0.15) is 0 Å². The molecule has 1 aliphatic heterocycles. The van der Waals surface area contributed by atoms with Gasteiger partial charge in [0.05, 0.1) is 0 Å². The van der Waals surface area contributed by atoms with Crippen LogP contribution < -0.4 is 0 Å². The SMILES string of the molecule is C=C1/C=C(C)\C=C(/C)CCCN(C)CCC1. The number of hydrogen-bond acceptors (Lipinski definition) is 1. The van der Waals surface area contributed by atoms with Crippen LogP contribution in [-0.4, -0.2) is 25.0 Å². The van der Waals surface area contributed by atoms with Gasteiger partial charge in [0.25, 0.3) is 0 Å². The van der Waals surface area contributed by atoms with E-state index in [0.717, 1.165) is 6.42 Å². The van der Waals surface area contributed by atoms with Crippen LogP contribution in [-0.2, 0) is 0 Å². The molecular weight excluding hydrogens is 194 g/mol. The summed E-state index contributed by atoms with van der Waals surface area (Å²) in [5.74, 6) is 0. The van der Waals surface area contributed by atoms with Crippen LogP contribution >= 0.6 is 0 Å². The lowest BCUT2D eigenvalue weighted by atomic mass is 10.0. The topological polar surface area (TPSA) is 3.24 Å². The highest BCUT2D eigenvalue weighted by Gasteiger charge is 2.01. The van der Waals surface area contributed by atoms with Crippen molar-refractivity contribution >= 4 is 0 Å². The van der Waals surface area contributed by atoms with Gasteiger partial charge in [-0.25, -0.2) is 0 Å². The van der Waals surface area contributed by atoms with E-state index in [1.165, 1.54) is 49.1 Å². The first kappa shape index (κ1) is 13.2.